The van der Waals surface area contributed by atoms with E-state index in [0.29, 0.717) is 15.9 Å². The predicted octanol–water partition coefficient (Wildman–Crippen LogP) is 1.53. The van der Waals surface area contributed by atoms with Gasteiger partial charge in [0.05, 0.1) is 10.4 Å². The Morgan fingerprint density at radius 3 is 3.00 bits per heavy atom. The summed E-state index contributed by atoms with van der Waals surface area (Å²) in [6.07, 6.45) is 1.18. The molecule has 0 amide bonds. The molecule has 2 aromatic heterocycles. The van der Waals surface area contributed by atoms with Crippen molar-refractivity contribution in [2.75, 3.05) is 0 Å². The van der Waals surface area contributed by atoms with Crippen LogP contribution in [0.25, 0.3) is 11.2 Å². The van der Waals surface area contributed by atoms with E-state index in [-0.39, 0.29) is 5.69 Å². The van der Waals surface area contributed by atoms with E-state index in [1.54, 1.807) is 0 Å². The first-order chi connectivity index (χ1) is 6.16. The van der Waals surface area contributed by atoms with Crippen LogP contribution in [0.3, 0.4) is 0 Å². The van der Waals surface area contributed by atoms with Crippen molar-refractivity contribution >= 4 is 29.1 Å². The summed E-state index contributed by atoms with van der Waals surface area (Å²) in [6, 6.07) is 1.38. The third kappa shape index (κ3) is 1.29. The van der Waals surface area contributed by atoms with Crippen molar-refractivity contribution in [3.8, 4) is 0 Å². The smallest absolute Gasteiger partial charge is 0.289 e. The van der Waals surface area contributed by atoms with Crippen LogP contribution in [-0.4, -0.2) is 19.9 Å². The normalized spacial score (nSPS) is 10.5. The molecule has 2 N–H and O–H groups in total. The number of hydrogen-bond acceptors (Lipinski definition) is 4. The molecule has 6 nitrogen and oxygen atoms in total. The fourth-order valence-corrected chi connectivity index (χ4v) is 1.22. The lowest BCUT2D eigenvalue weighted by molar-refractivity contribution is -0.385. The maximum Gasteiger partial charge on any atom is 0.289 e. The fourth-order valence-electron chi connectivity index (χ4n) is 1.01. The number of imidazole rings is 1. The van der Waals surface area contributed by atoms with Crippen LogP contribution < -0.4 is 0 Å². The van der Waals surface area contributed by atoms with E-state index in [1.165, 1.54) is 12.3 Å². The molecule has 0 unspecified atom stereocenters. The van der Waals surface area contributed by atoms with Gasteiger partial charge in [-0.05, 0) is 12.2 Å². The van der Waals surface area contributed by atoms with Gasteiger partial charge >= 0.3 is 0 Å². The zero-order valence-electron chi connectivity index (χ0n) is 6.27. The number of H-pyrrole nitrogens is 2. The summed E-state index contributed by atoms with van der Waals surface area (Å²) >= 11 is 4.80. The van der Waals surface area contributed by atoms with Crippen molar-refractivity contribution in [3.05, 3.63) is 27.1 Å². The van der Waals surface area contributed by atoms with E-state index in [2.05, 4.69) is 15.0 Å². The highest BCUT2D eigenvalue weighted by Gasteiger charge is 2.07. The zero-order valence-corrected chi connectivity index (χ0v) is 7.09. The van der Waals surface area contributed by atoms with E-state index in [0.717, 1.165) is 0 Å². The highest BCUT2D eigenvalue weighted by Crippen LogP contribution is 2.14. The summed E-state index contributed by atoms with van der Waals surface area (Å²) in [5.74, 6) is 0. The summed E-state index contributed by atoms with van der Waals surface area (Å²) in [5, 5.41) is 10.4. The Balaban J connectivity index is 2.74. The van der Waals surface area contributed by atoms with Gasteiger partial charge < -0.3 is 9.97 Å². The van der Waals surface area contributed by atoms with Gasteiger partial charge in [0.25, 0.3) is 5.69 Å². The first kappa shape index (κ1) is 7.87. The largest absolute Gasteiger partial charge is 0.329 e. The molecule has 0 saturated carbocycles. The van der Waals surface area contributed by atoms with E-state index in [9.17, 15) is 10.1 Å². The fraction of sp³-hybridized carbons (Fsp3) is 0. The molecule has 0 aliphatic carbocycles. The van der Waals surface area contributed by atoms with Gasteiger partial charge in [0.15, 0.2) is 10.4 Å². The Bertz CT molecular complexity index is 529. The SMILES string of the molecule is O=[N+]([O-])c1cnc2[nH]c(=S)[nH]c2c1. The molecule has 13 heavy (non-hydrogen) atoms. The lowest BCUT2D eigenvalue weighted by Crippen LogP contribution is -1.88. The summed E-state index contributed by atoms with van der Waals surface area (Å²) in [4.78, 5) is 19.2. The molecule has 0 atom stereocenters. The van der Waals surface area contributed by atoms with Gasteiger partial charge in [-0.15, -0.1) is 0 Å². The Morgan fingerprint density at radius 2 is 2.31 bits per heavy atom. The number of aromatic amines is 2. The number of fused-ring (bicyclic) bond motifs is 1. The Morgan fingerprint density at radius 1 is 1.54 bits per heavy atom. The molecule has 0 saturated heterocycles. The van der Waals surface area contributed by atoms with Crippen LogP contribution in [-0.2, 0) is 0 Å². The molecule has 2 aromatic rings. The Hall–Kier alpha value is -1.76. The Labute approximate surface area is 76.8 Å². The lowest BCUT2D eigenvalue weighted by Gasteiger charge is -1.89. The van der Waals surface area contributed by atoms with Crippen LogP contribution in [0, 0.1) is 14.9 Å². The zero-order chi connectivity index (χ0) is 9.42. The molecule has 0 bridgehead atoms. The summed E-state index contributed by atoms with van der Waals surface area (Å²) < 4.78 is 0.406. The van der Waals surface area contributed by atoms with Crippen LogP contribution >= 0.6 is 12.2 Å². The molecule has 7 heteroatoms. The average molecular weight is 196 g/mol. The van der Waals surface area contributed by atoms with Gasteiger partial charge in [-0.25, -0.2) is 4.98 Å². The topological polar surface area (TPSA) is 87.6 Å². The van der Waals surface area contributed by atoms with Crippen LogP contribution in [0.15, 0.2) is 12.3 Å². The minimum atomic E-state index is -0.504. The first-order valence-corrected chi connectivity index (χ1v) is 3.80. The van der Waals surface area contributed by atoms with Crippen LogP contribution in [0.2, 0.25) is 0 Å². The summed E-state index contributed by atoms with van der Waals surface area (Å²) in [5.41, 5.74) is 1.01. The van der Waals surface area contributed by atoms with Crippen LogP contribution in [0.1, 0.15) is 0 Å². The molecule has 66 valence electrons. The van der Waals surface area contributed by atoms with Gasteiger partial charge in [-0.3, -0.25) is 10.1 Å². The number of hydrogen-bond donors (Lipinski definition) is 2. The van der Waals surface area contributed by atoms with Gasteiger partial charge in [-0.1, -0.05) is 0 Å². The van der Waals surface area contributed by atoms with Crippen molar-refractivity contribution in [1.82, 2.24) is 15.0 Å². The van der Waals surface area contributed by atoms with Crippen molar-refractivity contribution in [3.63, 3.8) is 0 Å². The van der Waals surface area contributed by atoms with Gasteiger partial charge in [0.1, 0.15) is 6.20 Å². The first-order valence-electron chi connectivity index (χ1n) is 3.39. The second kappa shape index (κ2) is 2.63. The monoisotopic (exact) mass is 196 g/mol. The summed E-state index contributed by atoms with van der Waals surface area (Å²) in [6.45, 7) is 0. The highest BCUT2D eigenvalue weighted by molar-refractivity contribution is 7.71. The minimum absolute atomic E-state index is 0.0576. The van der Waals surface area contributed by atoms with Crippen molar-refractivity contribution < 1.29 is 4.92 Å². The molecule has 2 heterocycles. The van der Waals surface area contributed by atoms with E-state index >= 15 is 0 Å². The molecular formula is C6H4N4O2S. The standard InChI is InChI=1S/C6H4N4O2S/c11-10(12)3-1-4-5(7-2-3)9-6(13)8-4/h1-2H,(H2,7,8,9,13). The van der Waals surface area contributed by atoms with Gasteiger partial charge in [0.2, 0.25) is 0 Å². The van der Waals surface area contributed by atoms with Crippen molar-refractivity contribution in [2.24, 2.45) is 0 Å². The predicted molar refractivity (Wildman–Crippen MR) is 47.9 cm³/mol. The number of pyridine rings is 1. The number of nitrogens with zero attached hydrogens (tertiary/aromatic N) is 2. The quantitative estimate of drug-likeness (QED) is 0.411. The molecule has 0 aliphatic heterocycles. The summed E-state index contributed by atoms with van der Waals surface area (Å²) in [7, 11) is 0. The molecule has 0 aliphatic rings. The van der Waals surface area contributed by atoms with Gasteiger partial charge in [-0.2, -0.15) is 0 Å². The number of rotatable bonds is 1. The number of nitrogens with one attached hydrogen (secondary N) is 2. The van der Waals surface area contributed by atoms with E-state index in [1.807, 2.05) is 0 Å². The van der Waals surface area contributed by atoms with Gasteiger partial charge in [0, 0.05) is 6.07 Å². The van der Waals surface area contributed by atoms with E-state index in [4.69, 9.17) is 12.2 Å². The molecule has 2 rings (SSSR count). The third-order valence-electron chi connectivity index (χ3n) is 1.56. The lowest BCUT2D eigenvalue weighted by atomic mass is 10.4. The third-order valence-corrected chi connectivity index (χ3v) is 1.77. The molecular weight excluding hydrogens is 192 g/mol. The van der Waals surface area contributed by atoms with Crippen molar-refractivity contribution in [1.29, 1.82) is 0 Å². The minimum Gasteiger partial charge on any atom is -0.329 e. The van der Waals surface area contributed by atoms with Crippen LogP contribution in [0.4, 0.5) is 5.69 Å². The maximum absolute atomic E-state index is 10.4. The van der Waals surface area contributed by atoms with E-state index < -0.39 is 4.92 Å². The second-order valence-corrected chi connectivity index (χ2v) is 2.83. The number of nitro groups is 1. The Kier molecular flexibility index (Phi) is 1.59. The number of aromatic nitrogens is 3. The molecule has 0 aromatic carbocycles. The van der Waals surface area contributed by atoms with Crippen molar-refractivity contribution in [2.45, 2.75) is 0 Å². The van der Waals surface area contributed by atoms with Crippen LogP contribution in [0.5, 0.6) is 0 Å². The highest BCUT2D eigenvalue weighted by atomic mass is 32.1. The molecule has 0 spiro atoms. The molecule has 0 fully saturated rings. The average Bonchev–Trinajstić information content (AvgIpc) is 2.42. The molecule has 0 radical (unpaired) electrons. The second-order valence-electron chi connectivity index (χ2n) is 2.43. The maximum atomic E-state index is 10.4.